The topological polar surface area (TPSA) is 64.6 Å². The van der Waals surface area contributed by atoms with E-state index in [-0.39, 0.29) is 30.0 Å². The minimum atomic E-state index is -0.472. The largest absolute Gasteiger partial charge is 0.373 e. The van der Waals surface area contributed by atoms with E-state index in [9.17, 15) is 9.59 Å². The van der Waals surface area contributed by atoms with Crippen LogP contribution in [-0.4, -0.2) is 42.1 Å². The summed E-state index contributed by atoms with van der Waals surface area (Å²) in [6, 6.07) is 0. The molecule has 4 aliphatic carbocycles. The molecule has 3 fully saturated rings. The third-order valence-electron chi connectivity index (χ3n) is 14.4. The molecule has 0 bridgehead atoms. The van der Waals surface area contributed by atoms with Gasteiger partial charge in [-0.05, 0) is 138 Å². The molecule has 0 heterocycles. The van der Waals surface area contributed by atoms with E-state index >= 15 is 0 Å². The summed E-state index contributed by atoms with van der Waals surface area (Å²) in [5.41, 5.74) is 1.59. The SMILES string of the molecule is CCC(C)(COC(C)(CC)CCC(C)=O)NC(=O)COC1CC[C@@]2(C)C(=CC[C@H]3[C@@H]4CC[C@H]([C@H](C)CCCC(C)C)[C@@]4(C)CC[C@@H]32)C1. The Balaban J connectivity index is 1.30. The molecular formula is C42H73NO4. The highest BCUT2D eigenvalue weighted by atomic mass is 16.5. The van der Waals surface area contributed by atoms with Gasteiger partial charge in [-0.2, -0.15) is 0 Å². The number of amides is 1. The van der Waals surface area contributed by atoms with E-state index in [0.717, 1.165) is 61.2 Å². The van der Waals surface area contributed by atoms with Gasteiger partial charge in [0.2, 0.25) is 5.91 Å². The normalized spacial score (nSPS) is 35.1. The van der Waals surface area contributed by atoms with Crippen molar-refractivity contribution < 1.29 is 19.1 Å². The number of allylic oxidation sites excluding steroid dienone is 1. The van der Waals surface area contributed by atoms with Crippen molar-refractivity contribution in [2.24, 2.45) is 46.3 Å². The third kappa shape index (κ3) is 8.94. The van der Waals surface area contributed by atoms with Crippen LogP contribution >= 0.6 is 0 Å². The number of carbonyl (C=O) groups excluding carboxylic acids is 2. The van der Waals surface area contributed by atoms with Gasteiger partial charge in [0.15, 0.2) is 0 Å². The summed E-state index contributed by atoms with van der Waals surface area (Å²) < 4.78 is 12.7. The molecule has 3 saturated carbocycles. The zero-order valence-corrected chi connectivity index (χ0v) is 32.3. The minimum Gasteiger partial charge on any atom is -0.373 e. The maximum atomic E-state index is 13.2. The monoisotopic (exact) mass is 656 g/mol. The van der Waals surface area contributed by atoms with Crippen molar-refractivity contribution in [1.82, 2.24) is 5.32 Å². The highest BCUT2D eigenvalue weighted by molar-refractivity contribution is 5.78. The van der Waals surface area contributed by atoms with Gasteiger partial charge in [-0.25, -0.2) is 0 Å². The van der Waals surface area contributed by atoms with Crippen LogP contribution in [0.4, 0.5) is 0 Å². The zero-order valence-electron chi connectivity index (χ0n) is 32.3. The van der Waals surface area contributed by atoms with Crippen LogP contribution < -0.4 is 5.32 Å². The lowest BCUT2D eigenvalue weighted by atomic mass is 9.47. The van der Waals surface area contributed by atoms with Crippen LogP contribution in [0.3, 0.4) is 0 Å². The lowest BCUT2D eigenvalue weighted by Gasteiger charge is -2.58. The van der Waals surface area contributed by atoms with Crippen LogP contribution in [0.25, 0.3) is 0 Å². The number of nitrogens with one attached hydrogen (secondary N) is 1. The van der Waals surface area contributed by atoms with Gasteiger partial charge < -0.3 is 19.6 Å². The van der Waals surface area contributed by atoms with Crippen molar-refractivity contribution in [2.75, 3.05) is 13.2 Å². The second-order valence-electron chi connectivity index (χ2n) is 18.2. The Hall–Kier alpha value is -1.20. The number of ether oxygens (including phenoxy) is 2. The van der Waals surface area contributed by atoms with Gasteiger partial charge in [0.25, 0.3) is 0 Å². The van der Waals surface area contributed by atoms with Crippen LogP contribution in [0.5, 0.6) is 0 Å². The molecule has 0 aromatic heterocycles. The first-order valence-electron chi connectivity index (χ1n) is 19.8. The van der Waals surface area contributed by atoms with E-state index in [1.807, 2.05) is 0 Å². The summed E-state index contributed by atoms with van der Waals surface area (Å²) in [7, 11) is 0. The molecule has 1 N–H and O–H groups in total. The maximum absolute atomic E-state index is 13.2. The molecule has 4 aliphatic rings. The molecule has 5 nitrogen and oxygen atoms in total. The van der Waals surface area contributed by atoms with Crippen LogP contribution in [-0.2, 0) is 19.1 Å². The van der Waals surface area contributed by atoms with E-state index in [1.54, 1.807) is 12.5 Å². The Morgan fingerprint density at radius 2 is 1.74 bits per heavy atom. The van der Waals surface area contributed by atoms with Crippen LogP contribution in [0.15, 0.2) is 11.6 Å². The molecular weight excluding hydrogens is 582 g/mol. The highest BCUT2D eigenvalue weighted by Crippen LogP contribution is 2.67. The smallest absolute Gasteiger partial charge is 0.246 e. The number of hydrogen-bond donors (Lipinski definition) is 1. The van der Waals surface area contributed by atoms with Crippen molar-refractivity contribution in [2.45, 2.75) is 183 Å². The Kier molecular flexibility index (Phi) is 13.0. The molecule has 0 spiro atoms. The molecule has 10 atom stereocenters. The lowest BCUT2D eigenvalue weighted by Crippen LogP contribution is -2.52. The van der Waals surface area contributed by atoms with E-state index in [0.29, 0.717) is 30.3 Å². The maximum Gasteiger partial charge on any atom is 0.246 e. The molecule has 0 saturated heterocycles. The van der Waals surface area contributed by atoms with Gasteiger partial charge in [-0.15, -0.1) is 0 Å². The molecule has 270 valence electrons. The van der Waals surface area contributed by atoms with Crippen LogP contribution in [0.1, 0.15) is 166 Å². The minimum absolute atomic E-state index is 0.0632. The number of fused-ring (bicyclic) bond motifs is 5. The summed E-state index contributed by atoms with van der Waals surface area (Å²) in [5, 5.41) is 3.23. The fraction of sp³-hybridized carbons (Fsp3) is 0.905. The molecule has 0 radical (unpaired) electrons. The number of ketones is 1. The quantitative estimate of drug-likeness (QED) is 0.158. The highest BCUT2D eigenvalue weighted by Gasteiger charge is 2.59. The van der Waals surface area contributed by atoms with Crippen molar-refractivity contribution in [3.05, 3.63) is 11.6 Å². The summed E-state index contributed by atoms with van der Waals surface area (Å²) in [5.74, 6) is 5.22. The van der Waals surface area contributed by atoms with Crippen molar-refractivity contribution >= 4 is 11.7 Å². The van der Waals surface area contributed by atoms with Crippen molar-refractivity contribution in [1.29, 1.82) is 0 Å². The molecule has 5 heteroatoms. The fourth-order valence-electron chi connectivity index (χ4n) is 10.7. The van der Waals surface area contributed by atoms with Gasteiger partial charge in [0, 0.05) is 6.42 Å². The number of hydrogen-bond acceptors (Lipinski definition) is 4. The predicted molar refractivity (Wildman–Crippen MR) is 194 cm³/mol. The Labute approximate surface area is 289 Å². The molecule has 3 unspecified atom stereocenters. The molecule has 1 amide bonds. The average Bonchev–Trinajstić information content (AvgIpc) is 3.39. The van der Waals surface area contributed by atoms with Gasteiger partial charge in [-0.3, -0.25) is 4.79 Å². The third-order valence-corrected chi connectivity index (χ3v) is 14.4. The Morgan fingerprint density at radius 3 is 2.40 bits per heavy atom. The molecule has 0 aliphatic heterocycles. The van der Waals surface area contributed by atoms with E-state index < -0.39 is 5.54 Å². The number of carbonyl (C=O) groups is 2. The summed E-state index contributed by atoms with van der Waals surface area (Å²) in [4.78, 5) is 24.7. The van der Waals surface area contributed by atoms with Crippen molar-refractivity contribution in [3.63, 3.8) is 0 Å². The van der Waals surface area contributed by atoms with E-state index in [1.165, 1.54) is 57.8 Å². The first-order valence-corrected chi connectivity index (χ1v) is 19.8. The van der Waals surface area contributed by atoms with Crippen molar-refractivity contribution in [3.8, 4) is 0 Å². The first kappa shape index (κ1) is 38.6. The lowest BCUT2D eigenvalue weighted by molar-refractivity contribution is -0.133. The standard InChI is InChI=1S/C42H73NO4/c1-11-39(7,28-47-40(8,12-2)23-20-31(6)44)43-38(45)27-46-33-21-24-41(9)32(26-33)16-17-34-36-19-18-35(30(5)15-13-14-29(3)4)42(36,10)25-22-37(34)41/h16,29-30,33-37H,11-15,17-28H2,1-10H3,(H,43,45)/t30-,33?,34+,35-,36+,37+,39?,40?,41+,42-/m1/s1. The average molecular weight is 656 g/mol. The predicted octanol–water partition coefficient (Wildman–Crippen LogP) is 10.3. The van der Waals surface area contributed by atoms with Gasteiger partial charge in [0.05, 0.1) is 23.9 Å². The molecule has 4 rings (SSSR count). The molecule has 0 aromatic carbocycles. The number of rotatable bonds is 17. The second-order valence-corrected chi connectivity index (χ2v) is 18.2. The molecule has 0 aromatic rings. The summed E-state index contributed by atoms with van der Waals surface area (Å²) in [6.07, 6.45) is 19.9. The van der Waals surface area contributed by atoms with Crippen LogP contribution in [0, 0.1) is 46.3 Å². The molecule has 47 heavy (non-hydrogen) atoms. The Bertz CT molecular complexity index is 1100. The first-order chi connectivity index (χ1) is 22.1. The summed E-state index contributed by atoms with van der Waals surface area (Å²) in [6.45, 7) is 23.0. The van der Waals surface area contributed by atoms with E-state index in [2.05, 4.69) is 73.7 Å². The van der Waals surface area contributed by atoms with Gasteiger partial charge >= 0.3 is 0 Å². The second kappa shape index (κ2) is 15.8. The van der Waals surface area contributed by atoms with Gasteiger partial charge in [-0.1, -0.05) is 79.4 Å². The summed E-state index contributed by atoms with van der Waals surface area (Å²) >= 11 is 0. The fourth-order valence-corrected chi connectivity index (χ4v) is 10.7. The number of Topliss-reactive ketones (excluding diaryl/α,β-unsaturated/α-hetero) is 1. The Morgan fingerprint density at radius 1 is 1.00 bits per heavy atom. The van der Waals surface area contributed by atoms with Gasteiger partial charge in [0.1, 0.15) is 12.4 Å². The van der Waals surface area contributed by atoms with Crippen LogP contribution in [0.2, 0.25) is 0 Å². The zero-order chi connectivity index (χ0) is 34.6. The van der Waals surface area contributed by atoms with E-state index in [4.69, 9.17) is 9.47 Å².